The molecule has 5 rings (SSSR count). The van der Waals surface area contributed by atoms with Gasteiger partial charge in [0.1, 0.15) is 5.60 Å². The van der Waals surface area contributed by atoms with Crippen LogP contribution in [0.2, 0.25) is 5.04 Å². The number of rotatable bonds is 5. The summed E-state index contributed by atoms with van der Waals surface area (Å²) in [6.45, 7) is 8.64. The molecule has 3 aliphatic rings. The fourth-order valence-electron chi connectivity index (χ4n) is 6.06. The summed E-state index contributed by atoms with van der Waals surface area (Å²) >= 11 is 0. The van der Waals surface area contributed by atoms with Crippen LogP contribution in [-0.4, -0.2) is 39.3 Å². The lowest BCUT2D eigenvalue weighted by Gasteiger charge is -2.45. The van der Waals surface area contributed by atoms with E-state index in [2.05, 4.69) is 81.4 Å². The largest absolute Gasteiger partial charge is 0.407 e. The Balaban J connectivity index is 1.50. The van der Waals surface area contributed by atoms with Crippen molar-refractivity contribution in [2.75, 3.05) is 13.2 Å². The zero-order valence-corrected chi connectivity index (χ0v) is 19.5. The van der Waals surface area contributed by atoms with Gasteiger partial charge in [-0.3, -0.25) is 0 Å². The lowest BCUT2D eigenvalue weighted by molar-refractivity contribution is -0.0885. The summed E-state index contributed by atoms with van der Waals surface area (Å²) in [6, 6.07) is 21.9. The average Bonchev–Trinajstić information content (AvgIpc) is 3.47. The zero-order chi connectivity index (χ0) is 20.8. The molecule has 4 heteroatoms. The first-order valence-electron chi connectivity index (χ1n) is 11.5. The average molecular weight is 423 g/mol. The van der Waals surface area contributed by atoms with E-state index in [0.717, 1.165) is 38.9 Å². The normalized spacial score (nSPS) is 31.0. The molecule has 0 aromatic heterocycles. The van der Waals surface area contributed by atoms with Gasteiger partial charge in [0.2, 0.25) is 0 Å². The first-order valence-corrected chi connectivity index (χ1v) is 13.4. The molecule has 30 heavy (non-hydrogen) atoms. The van der Waals surface area contributed by atoms with Crippen molar-refractivity contribution in [1.82, 2.24) is 0 Å². The smallest absolute Gasteiger partial charge is 0.261 e. The molecule has 2 aromatic carbocycles. The Morgan fingerprint density at radius 3 is 2.20 bits per heavy atom. The maximum absolute atomic E-state index is 7.22. The molecule has 3 fully saturated rings. The van der Waals surface area contributed by atoms with E-state index in [0.29, 0.717) is 12.0 Å². The van der Waals surface area contributed by atoms with Crippen molar-refractivity contribution < 1.29 is 13.9 Å². The van der Waals surface area contributed by atoms with Gasteiger partial charge in [0.15, 0.2) is 0 Å². The second kappa shape index (κ2) is 7.59. The maximum Gasteiger partial charge on any atom is 0.261 e. The fourth-order valence-corrected chi connectivity index (χ4v) is 10.7. The predicted molar refractivity (Wildman–Crippen MR) is 123 cm³/mol. The molecular formula is C26H34O3Si. The van der Waals surface area contributed by atoms with Gasteiger partial charge in [-0.25, -0.2) is 0 Å². The van der Waals surface area contributed by atoms with Crippen molar-refractivity contribution >= 4 is 18.7 Å². The SMILES string of the molecule is CC(C)(C)[Si](OC[C@@H]1CCC2O[C@]23CCCO[C@H]13)(c1ccccc1)c1ccccc1. The van der Waals surface area contributed by atoms with Crippen molar-refractivity contribution in [3.05, 3.63) is 60.7 Å². The summed E-state index contributed by atoms with van der Waals surface area (Å²) in [5, 5.41) is 2.70. The molecule has 1 unspecified atom stereocenters. The van der Waals surface area contributed by atoms with Gasteiger partial charge in [-0.2, -0.15) is 0 Å². The molecule has 1 saturated carbocycles. The minimum atomic E-state index is -2.50. The quantitative estimate of drug-likeness (QED) is 0.532. The lowest BCUT2D eigenvalue weighted by atomic mass is 9.75. The summed E-state index contributed by atoms with van der Waals surface area (Å²) < 4.78 is 19.7. The molecule has 1 aliphatic carbocycles. The highest BCUT2D eigenvalue weighted by Gasteiger charge is 2.66. The first-order chi connectivity index (χ1) is 14.5. The molecule has 2 saturated heterocycles. The van der Waals surface area contributed by atoms with Gasteiger partial charge in [-0.1, -0.05) is 81.4 Å². The van der Waals surface area contributed by atoms with E-state index in [4.69, 9.17) is 13.9 Å². The van der Waals surface area contributed by atoms with E-state index in [9.17, 15) is 0 Å². The number of hydrogen-bond acceptors (Lipinski definition) is 3. The Labute approximate surface area is 181 Å². The third kappa shape index (κ3) is 3.20. The van der Waals surface area contributed by atoms with Crippen LogP contribution in [0.15, 0.2) is 60.7 Å². The van der Waals surface area contributed by atoms with E-state index in [1.807, 2.05) is 0 Å². The molecule has 3 nitrogen and oxygen atoms in total. The number of epoxide rings is 1. The van der Waals surface area contributed by atoms with E-state index in [1.165, 1.54) is 10.4 Å². The standard InChI is InChI=1S/C26H34O3Si/c1-25(2,3)30(21-11-6-4-7-12-21,22-13-8-5-9-14-22)28-19-20-15-16-23-26(29-23)17-10-18-27-24(20)26/h4-9,11-14,20,23-24H,10,15-19H2,1-3H3/t20-,23?,24+,26+/m0/s1. The van der Waals surface area contributed by atoms with Crippen molar-refractivity contribution in [2.24, 2.45) is 5.92 Å². The highest BCUT2D eigenvalue weighted by Crippen LogP contribution is 2.55. The molecule has 0 bridgehead atoms. The summed E-state index contributed by atoms with van der Waals surface area (Å²) in [5.74, 6) is 0.408. The van der Waals surface area contributed by atoms with E-state index < -0.39 is 8.32 Å². The Morgan fingerprint density at radius 1 is 0.967 bits per heavy atom. The van der Waals surface area contributed by atoms with Gasteiger partial charge in [-0.05, 0) is 41.1 Å². The van der Waals surface area contributed by atoms with E-state index >= 15 is 0 Å². The Morgan fingerprint density at radius 2 is 1.60 bits per heavy atom. The number of ether oxygens (including phenoxy) is 2. The lowest BCUT2D eigenvalue weighted by Crippen LogP contribution is -2.67. The third-order valence-corrected chi connectivity index (χ3v) is 12.5. The Bertz CT molecular complexity index is 823. The Kier molecular flexibility index (Phi) is 5.17. The van der Waals surface area contributed by atoms with Crippen LogP contribution in [0.5, 0.6) is 0 Å². The number of hydrogen-bond donors (Lipinski definition) is 0. The summed E-state index contributed by atoms with van der Waals surface area (Å²) in [4.78, 5) is 0. The molecule has 1 spiro atoms. The second-order valence-corrected chi connectivity index (χ2v) is 14.6. The zero-order valence-electron chi connectivity index (χ0n) is 18.5. The number of benzene rings is 2. The second-order valence-electron chi connectivity index (χ2n) is 10.3. The van der Waals surface area contributed by atoms with E-state index in [-0.39, 0.29) is 16.7 Å². The van der Waals surface area contributed by atoms with Gasteiger partial charge in [0.05, 0.1) is 12.2 Å². The molecule has 2 heterocycles. The molecule has 0 amide bonds. The highest BCUT2D eigenvalue weighted by molar-refractivity contribution is 6.99. The van der Waals surface area contributed by atoms with Crippen LogP contribution in [0.3, 0.4) is 0 Å². The van der Waals surface area contributed by atoms with Gasteiger partial charge in [0.25, 0.3) is 8.32 Å². The van der Waals surface area contributed by atoms with Crippen LogP contribution in [0.25, 0.3) is 0 Å². The maximum atomic E-state index is 7.22. The summed E-state index contributed by atoms with van der Waals surface area (Å²) in [6.07, 6.45) is 5.17. The van der Waals surface area contributed by atoms with Gasteiger partial charge in [-0.15, -0.1) is 0 Å². The van der Waals surface area contributed by atoms with Crippen LogP contribution >= 0.6 is 0 Å². The first kappa shape index (κ1) is 20.4. The van der Waals surface area contributed by atoms with Crippen LogP contribution in [0.1, 0.15) is 46.5 Å². The molecule has 2 aromatic rings. The molecule has 160 valence electrons. The monoisotopic (exact) mass is 422 g/mol. The van der Waals surface area contributed by atoms with Crippen LogP contribution < -0.4 is 10.4 Å². The van der Waals surface area contributed by atoms with Gasteiger partial charge in [0, 0.05) is 19.1 Å². The summed E-state index contributed by atoms with van der Waals surface area (Å²) in [7, 11) is -2.50. The molecule has 2 aliphatic heterocycles. The molecule has 0 N–H and O–H groups in total. The van der Waals surface area contributed by atoms with Crippen LogP contribution in [0, 0.1) is 5.92 Å². The fraction of sp³-hybridized carbons (Fsp3) is 0.538. The highest BCUT2D eigenvalue weighted by atomic mass is 28.4. The van der Waals surface area contributed by atoms with Crippen molar-refractivity contribution in [3.8, 4) is 0 Å². The van der Waals surface area contributed by atoms with E-state index in [1.54, 1.807) is 0 Å². The third-order valence-electron chi connectivity index (χ3n) is 7.50. The Hall–Kier alpha value is -1.46. The van der Waals surface area contributed by atoms with Crippen molar-refractivity contribution in [1.29, 1.82) is 0 Å². The predicted octanol–water partition coefficient (Wildman–Crippen LogP) is 4.29. The minimum Gasteiger partial charge on any atom is -0.407 e. The van der Waals surface area contributed by atoms with Gasteiger partial charge < -0.3 is 13.9 Å². The van der Waals surface area contributed by atoms with Crippen LogP contribution in [-0.2, 0) is 13.9 Å². The topological polar surface area (TPSA) is 31.0 Å². The van der Waals surface area contributed by atoms with Crippen molar-refractivity contribution in [2.45, 2.75) is 69.3 Å². The minimum absolute atomic E-state index is 0.00400. The molecule has 0 radical (unpaired) electrons. The van der Waals surface area contributed by atoms with Crippen LogP contribution in [0.4, 0.5) is 0 Å². The molecule has 4 atom stereocenters. The van der Waals surface area contributed by atoms with Gasteiger partial charge >= 0.3 is 0 Å². The molecular weight excluding hydrogens is 388 g/mol. The summed E-state index contributed by atoms with van der Waals surface area (Å²) in [5.41, 5.74) is -0.00400. The van der Waals surface area contributed by atoms with Crippen molar-refractivity contribution in [3.63, 3.8) is 0 Å².